The quantitative estimate of drug-likeness (QED) is 0.607. The minimum atomic E-state index is -0.229. The van der Waals surface area contributed by atoms with Gasteiger partial charge in [-0.05, 0) is 30.5 Å². The molecule has 136 valence electrons. The monoisotopic (exact) mass is 346 g/mol. The second kappa shape index (κ2) is 10.5. The molecule has 1 aromatic carbocycles. The van der Waals surface area contributed by atoms with Gasteiger partial charge in [-0.1, -0.05) is 25.5 Å². The van der Waals surface area contributed by atoms with Gasteiger partial charge in [-0.3, -0.25) is 9.78 Å². The number of hydrogen-bond acceptors (Lipinski definition) is 6. The summed E-state index contributed by atoms with van der Waals surface area (Å²) in [6.07, 6.45) is 3.50. The maximum atomic E-state index is 12.1. The Morgan fingerprint density at radius 1 is 1.12 bits per heavy atom. The molecule has 1 heterocycles. The summed E-state index contributed by atoms with van der Waals surface area (Å²) in [4.78, 5) is 14.9. The van der Waals surface area contributed by atoms with E-state index >= 15 is 0 Å². The van der Waals surface area contributed by atoms with E-state index in [1.165, 1.54) is 0 Å². The van der Waals surface area contributed by atoms with Crippen molar-refractivity contribution in [2.45, 2.75) is 32.6 Å². The van der Waals surface area contributed by atoms with E-state index in [1.807, 2.05) is 24.3 Å². The van der Waals surface area contributed by atoms with Crippen molar-refractivity contribution in [2.24, 2.45) is 0 Å². The summed E-state index contributed by atoms with van der Waals surface area (Å²) in [5.74, 6) is 1.17. The van der Waals surface area contributed by atoms with Gasteiger partial charge in [0.2, 0.25) is 5.95 Å². The van der Waals surface area contributed by atoms with Crippen LogP contribution in [0.4, 0.5) is 5.95 Å². The first-order chi connectivity index (χ1) is 12.2. The topological polar surface area (TPSA) is 89.1 Å². The summed E-state index contributed by atoms with van der Waals surface area (Å²) >= 11 is 0. The molecule has 0 aliphatic rings. The average Bonchev–Trinajstić information content (AvgIpc) is 2.64. The van der Waals surface area contributed by atoms with Gasteiger partial charge in [0.05, 0.1) is 7.11 Å². The van der Waals surface area contributed by atoms with Crippen molar-refractivity contribution in [1.82, 2.24) is 15.2 Å². The van der Waals surface area contributed by atoms with E-state index in [4.69, 9.17) is 9.47 Å². The summed E-state index contributed by atoms with van der Waals surface area (Å²) in [5, 5.41) is 11.1. The Balaban J connectivity index is 1.80. The molecule has 0 radical (unpaired) electrons. The predicted molar refractivity (Wildman–Crippen MR) is 97.3 cm³/mol. The van der Waals surface area contributed by atoms with Crippen LogP contribution < -0.4 is 15.6 Å². The van der Waals surface area contributed by atoms with E-state index in [1.54, 1.807) is 7.11 Å². The first kappa shape index (κ1) is 18.9. The standard InChI is InChI=1S/C18H26N4O3/c1-3-4-11-25-12-5-10-19-18-20-17(23)16(21-22-18)13-14-6-8-15(24-2)9-7-14/h6-9H,3-5,10-13H2,1-2H3,(H2,19,20,22,23). The number of aromatic nitrogens is 3. The number of benzene rings is 1. The third kappa shape index (κ3) is 6.54. The molecule has 0 atom stereocenters. The van der Waals surface area contributed by atoms with Gasteiger partial charge in [0.15, 0.2) is 0 Å². The van der Waals surface area contributed by atoms with Crippen molar-refractivity contribution in [1.29, 1.82) is 0 Å². The van der Waals surface area contributed by atoms with Gasteiger partial charge in [0.1, 0.15) is 11.4 Å². The molecule has 0 amide bonds. The first-order valence-electron chi connectivity index (χ1n) is 8.63. The number of hydrogen-bond donors (Lipinski definition) is 2. The molecule has 0 fully saturated rings. The number of unbranched alkanes of at least 4 members (excludes halogenated alkanes) is 1. The summed E-state index contributed by atoms with van der Waals surface area (Å²) in [7, 11) is 1.62. The molecule has 0 saturated carbocycles. The average molecular weight is 346 g/mol. The molecule has 0 unspecified atom stereocenters. The lowest BCUT2D eigenvalue weighted by Gasteiger charge is -2.06. The molecule has 2 N–H and O–H groups in total. The largest absolute Gasteiger partial charge is 0.497 e. The summed E-state index contributed by atoms with van der Waals surface area (Å²) < 4.78 is 10.6. The fourth-order valence-corrected chi connectivity index (χ4v) is 2.22. The molecule has 7 heteroatoms. The fraction of sp³-hybridized carbons (Fsp3) is 0.500. The first-order valence-corrected chi connectivity index (χ1v) is 8.63. The highest BCUT2D eigenvalue weighted by molar-refractivity contribution is 5.30. The third-order valence-electron chi connectivity index (χ3n) is 3.70. The maximum Gasteiger partial charge on any atom is 0.274 e. The van der Waals surface area contributed by atoms with Crippen LogP contribution in [-0.2, 0) is 11.2 Å². The summed E-state index contributed by atoms with van der Waals surface area (Å²) in [6, 6.07) is 7.53. The van der Waals surface area contributed by atoms with E-state index < -0.39 is 0 Å². The number of nitrogens with zero attached hydrogens (tertiary/aromatic N) is 2. The van der Waals surface area contributed by atoms with Crippen molar-refractivity contribution in [3.63, 3.8) is 0 Å². The molecular weight excluding hydrogens is 320 g/mol. The lowest BCUT2D eigenvalue weighted by atomic mass is 10.1. The minimum absolute atomic E-state index is 0.229. The van der Waals surface area contributed by atoms with Gasteiger partial charge in [-0.2, -0.15) is 0 Å². The number of H-pyrrole nitrogens is 1. The molecule has 2 rings (SSSR count). The van der Waals surface area contributed by atoms with Crippen LogP contribution in [0.2, 0.25) is 0 Å². The lowest BCUT2D eigenvalue weighted by molar-refractivity contribution is 0.131. The van der Waals surface area contributed by atoms with Crippen molar-refractivity contribution >= 4 is 5.95 Å². The van der Waals surface area contributed by atoms with Crippen LogP contribution in [0.15, 0.2) is 29.1 Å². The van der Waals surface area contributed by atoms with Crippen LogP contribution in [0, 0.1) is 0 Å². The fourth-order valence-electron chi connectivity index (χ4n) is 2.22. The van der Waals surface area contributed by atoms with E-state index in [9.17, 15) is 4.79 Å². The van der Waals surface area contributed by atoms with Crippen molar-refractivity contribution < 1.29 is 9.47 Å². The Hall–Kier alpha value is -2.41. The van der Waals surface area contributed by atoms with E-state index in [2.05, 4.69) is 27.4 Å². The smallest absolute Gasteiger partial charge is 0.274 e. The van der Waals surface area contributed by atoms with Crippen molar-refractivity contribution in [3.8, 4) is 5.75 Å². The van der Waals surface area contributed by atoms with E-state index in [0.29, 0.717) is 31.2 Å². The summed E-state index contributed by atoms with van der Waals surface area (Å²) in [6.45, 7) is 4.31. The normalized spacial score (nSPS) is 10.6. The highest BCUT2D eigenvalue weighted by atomic mass is 16.5. The second-order valence-electron chi connectivity index (χ2n) is 5.72. The zero-order chi connectivity index (χ0) is 17.9. The van der Waals surface area contributed by atoms with Crippen LogP contribution in [0.3, 0.4) is 0 Å². The predicted octanol–water partition coefficient (Wildman–Crippen LogP) is 2.38. The third-order valence-corrected chi connectivity index (χ3v) is 3.70. The number of aromatic amines is 1. The van der Waals surface area contributed by atoms with Gasteiger partial charge in [-0.25, -0.2) is 0 Å². The molecule has 25 heavy (non-hydrogen) atoms. The van der Waals surface area contributed by atoms with Crippen LogP contribution in [-0.4, -0.2) is 42.0 Å². The van der Waals surface area contributed by atoms with Crippen LogP contribution in [0.25, 0.3) is 0 Å². The molecule has 0 aliphatic heterocycles. The maximum absolute atomic E-state index is 12.1. The van der Waals surface area contributed by atoms with E-state index in [-0.39, 0.29) is 5.56 Å². The van der Waals surface area contributed by atoms with Crippen molar-refractivity contribution in [3.05, 3.63) is 45.9 Å². The molecule has 1 aromatic heterocycles. The molecule has 0 spiro atoms. The number of anilines is 1. The lowest BCUT2D eigenvalue weighted by Crippen LogP contribution is -2.20. The zero-order valence-electron chi connectivity index (χ0n) is 14.9. The minimum Gasteiger partial charge on any atom is -0.497 e. The molecular formula is C18H26N4O3. The highest BCUT2D eigenvalue weighted by Crippen LogP contribution is 2.12. The molecule has 0 aliphatic carbocycles. The molecule has 2 aromatic rings. The van der Waals surface area contributed by atoms with Gasteiger partial charge in [0, 0.05) is 26.2 Å². The van der Waals surface area contributed by atoms with Gasteiger partial charge >= 0.3 is 0 Å². The van der Waals surface area contributed by atoms with Gasteiger partial charge < -0.3 is 14.8 Å². The Bertz CT molecular complexity index is 685. The van der Waals surface area contributed by atoms with Crippen LogP contribution in [0.5, 0.6) is 5.75 Å². The Kier molecular flexibility index (Phi) is 7.91. The van der Waals surface area contributed by atoms with Crippen molar-refractivity contribution in [2.75, 3.05) is 32.2 Å². The van der Waals surface area contributed by atoms with Crippen LogP contribution in [0.1, 0.15) is 37.4 Å². The van der Waals surface area contributed by atoms with Crippen LogP contribution >= 0.6 is 0 Å². The highest BCUT2D eigenvalue weighted by Gasteiger charge is 2.06. The number of nitrogens with one attached hydrogen (secondary N) is 2. The zero-order valence-corrected chi connectivity index (χ0v) is 14.9. The van der Waals surface area contributed by atoms with E-state index in [0.717, 1.165) is 37.2 Å². The number of rotatable bonds is 11. The van der Waals surface area contributed by atoms with Gasteiger partial charge in [-0.15, -0.1) is 10.2 Å². The Labute approximate surface area is 147 Å². The summed E-state index contributed by atoms with van der Waals surface area (Å²) in [5.41, 5.74) is 1.14. The number of methoxy groups -OCH3 is 1. The molecule has 7 nitrogen and oxygen atoms in total. The number of ether oxygens (including phenoxy) is 2. The van der Waals surface area contributed by atoms with Gasteiger partial charge in [0.25, 0.3) is 5.56 Å². The Morgan fingerprint density at radius 2 is 1.88 bits per heavy atom. The SMILES string of the molecule is CCCCOCCCNc1nnc(Cc2ccc(OC)cc2)c(=O)[nH]1. The molecule has 0 saturated heterocycles. The molecule has 0 bridgehead atoms. The second-order valence-corrected chi connectivity index (χ2v) is 5.72. The Morgan fingerprint density at radius 3 is 2.56 bits per heavy atom.